The van der Waals surface area contributed by atoms with Gasteiger partial charge in [0.1, 0.15) is 5.82 Å². The number of aromatic nitrogens is 4. The van der Waals surface area contributed by atoms with Crippen LogP contribution in [0.1, 0.15) is 12.0 Å². The van der Waals surface area contributed by atoms with E-state index in [1.807, 2.05) is 58.1 Å². The van der Waals surface area contributed by atoms with Gasteiger partial charge in [-0.05, 0) is 54.8 Å². The van der Waals surface area contributed by atoms with Crippen molar-refractivity contribution in [1.82, 2.24) is 19.7 Å². The Morgan fingerprint density at radius 2 is 1.80 bits per heavy atom. The first-order chi connectivity index (χ1) is 17.2. The van der Waals surface area contributed by atoms with Gasteiger partial charge in [-0.25, -0.2) is 4.39 Å². The van der Waals surface area contributed by atoms with E-state index in [9.17, 15) is 9.18 Å². The first-order valence-corrected chi connectivity index (χ1v) is 12.5. The normalized spacial score (nSPS) is 13.2. The molecule has 3 heterocycles. The third kappa shape index (κ3) is 4.00. The molecule has 0 saturated heterocycles. The lowest BCUT2D eigenvalue weighted by Gasteiger charge is -2.29. The number of H-pyrrole nitrogens is 1. The molecule has 8 heteroatoms. The summed E-state index contributed by atoms with van der Waals surface area (Å²) in [4.78, 5) is 18.4. The van der Waals surface area contributed by atoms with Gasteiger partial charge in [0.15, 0.2) is 11.0 Å². The van der Waals surface area contributed by atoms with E-state index in [1.54, 1.807) is 12.1 Å². The molecule has 1 amide bonds. The number of aromatic amines is 1. The lowest BCUT2D eigenvalue weighted by Crippen LogP contribution is -2.36. The van der Waals surface area contributed by atoms with Crippen LogP contribution in [0.4, 0.5) is 10.1 Å². The second-order valence-corrected chi connectivity index (χ2v) is 9.37. The van der Waals surface area contributed by atoms with Crippen molar-refractivity contribution >= 4 is 34.3 Å². The van der Waals surface area contributed by atoms with Gasteiger partial charge in [-0.3, -0.25) is 9.36 Å². The molecule has 0 unspecified atom stereocenters. The molecule has 2 aromatic heterocycles. The number of anilines is 1. The average Bonchev–Trinajstić information content (AvgIpc) is 3.51. The minimum absolute atomic E-state index is 0.0319. The number of halogens is 1. The Kier molecular flexibility index (Phi) is 5.58. The summed E-state index contributed by atoms with van der Waals surface area (Å²) in [5.41, 5.74) is 4.80. The highest BCUT2D eigenvalue weighted by Crippen LogP contribution is 2.33. The molecular weight excluding hydrogens is 461 g/mol. The van der Waals surface area contributed by atoms with Crippen LogP contribution >= 0.6 is 11.8 Å². The van der Waals surface area contributed by atoms with Crippen molar-refractivity contribution in [2.75, 3.05) is 17.2 Å². The summed E-state index contributed by atoms with van der Waals surface area (Å²) >= 11 is 1.34. The molecule has 0 aliphatic carbocycles. The van der Waals surface area contributed by atoms with Crippen molar-refractivity contribution in [3.05, 3.63) is 90.4 Å². The number of hydrogen-bond donors (Lipinski definition) is 1. The standard InChI is InChI=1S/C27H22FN5OS/c28-19-11-13-20(14-12-19)33-26(22-16-29-23-9-3-2-8-21(22)23)30-31-27(33)35-17-25(34)32-15-5-7-18-6-1-4-10-24(18)32/h1-4,6,8-14,16,29H,5,7,15,17H2. The van der Waals surface area contributed by atoms with Gasteiger partial charge >= 0.3 is 0 Å². The lowest BCUT2D eigenvalue weighted by atomic mass is 10.0. The predicted octanol–water partition coefficient (Wildman–Crippen LogP) is 5.63. The van der Waals surface area contributed by atoms with Gasteiger partial charge in [0.05, 0.1) is 5.75 Å². The summed E-state index contributed by atoms with van der Waals surface area (Å²) in [6.45, 7) is 0.710. The maximum absolute atomic E-state index is 13.7. The van der Waals surface area contributed by atoms with Gasteiger partial charge in [0.2, 0.25) is 5.91 Å². The van der Waals surface area contributed by atoms with Crippen molar-refractivity contribution in [1.29, 1.82) is 0 Å². The molecule has 6 nitrogen and oxygen atoms in total. The van der Waals surface area contributed by atoms with E-state index in [4.69, 9.17) is 0 Å². The smallest absolute Gasteiger partial charge is 0.237 e. The molecule has 174 valence electrons. The van der Waals surface area contributed by atoms with Gasteiger partial charge in [0.25, 0.3) is 0 Å². The van der Waals surface area contributed by atoms with Crippen molar-refractivity contribution in [3.63, 3.8) is 0 Å². The molecular formula is C27H22FN5OS. The number of benzene rings is 3. The van der Waals surface area contributed by atoms with E-state index >= 15 is 0 Å². The van der Waals surface area contributed by atoms with Crippen LogP contribution in [0.3, 0.4) is 0 Å². The van der Waals surface area contributed by atoms with E-state index in [0.717, 1.165) is 40.7 Å². The first-order valence-electron chi connectivity index (χ1n) is 11.5. The fourth-order valence-electron chi connectivity index (χ4n) is 4.61. The largest absolute Gasteiger partial charge is 0.360 e. The molecule has 0 atom stereocenters. The van der Waals surface area contributed by atoms with Crippen LogP contribution in [0.25, 0.3) is 28.0 Å². The zero-order valence-electron chi connectivity index (χ0n) is 18.8. The molecule has 3 aromatic carbocycles. The summed E-state index contributed by atoms with van der Waals surface area (Å²) in [5, 5.41) is 10.5. The predicted molar refractivity (Wildman–Crippen MR) is 136 cm³/mol. The zero-order chi connectivity index (χ0) is 23.8. The third-order valence-corrected chi connectivity index (χ3v) is 7.20. The third-order valence-electron chi connectivity index (χ3n) is 6.28. The molecule has 5 aromatic rings. The Morgan fingerprint density at radius 1 is 1.00 bits per heavy atom. The van der Waals surface area contributed by atoms with Crippen LogP contribution in [-0.4, -0.2) is 38.0 Å². The number of carbonyl (C=O) groups is 1. The maximum atomic E-state index is 13.7. The van der Waals surface area contributed by atoms with E-state index in [0.29, 0.717) is 17.5 Å². The quantitative estimate of drug-likeness (QED) is 0.329. The van der Waals surface area contributed by atoms with Crippen molar-refractivity contribution < 1.29 is 9.18 Å². The summed E-state index contributed by atoms with van der Waals surface area (Å²) in [6, 6.07) is 22.3. The second kappa shape index (κ2) is 9.03. The van der Waals surface area contributed by atoms with Crippen molar-refractivity contribution in [2.24, 2.45) is 0 Å². The molecule has 0 fully saturated rings. The average molecular weight is 484 g/mol. The van der Waals surface area contributed by atoms with E-state index in [1.165, 1.54) is 29.5 Å². The maximum Gasteiger partial charge on any atom is 0.237 e. The van der Waals surface area contributed by atoms with Crippen LogP contribution in [-0.2, 0) is 11.2 Å². The first kappa shape index (κ1) is 21.6. The zero-order valence-corrected chi connectivity index (χ0v) is 19.6. The Balaban J connectivity index is 1.35. The molecule has 0 saturated carbocycles. The van der Waals surface area contributed by atoms with Gasteiger partial charge < -0.3 is 9.88 Å². The monoisotopic (exact) mass is 483 g/mol. The Bertz CT molecular complexity index is 1520. The number of amides is 1. The molecule has 0 radical (unpaired) electrons. The number of nitrogens with one attached hydrogen (secondary N) is 1. The van der Waals surface area contributed by atoms with Crippen LogP contribution in [0.15, 0.2) is 84.1 Å². The van der Waals surface area contributed by atoms with Crippen LogP contribution < -0.4 is 4.90 Å². The van der Waals surface area contributed by atoms with Gasteiger partial charge in [-0.1, -0.05) is 48.2 Å². The minimum atomic E-state index is -0.316. The molecule has 1 aliphatic heterocycles. The highest BCUT2D eigenvalue weighted by molar-refractivity contribution is 7.99. The molecule has 1 N–H and O–H groups in total. The molecule has 6 rings (SSSR count). The van der Waals surface area contributed by atoms with Gasteiger partial charge in [-0.15, -0.1) is 10.2 Å². The van der Waals surface area contributed by atoms with Crippen LogP contribution in [0, 0.1) is 5.82 Å². The highest BCUT2D eigenvalue weighted by atomic mass is 32.2. The number of hydrogen-bond acceptors (Lipinski definition) is 4. The summed E-state index contributed by atoms with van der Waals surface area (Å²) in [6.07, 6.45) is 3.84. The van der Waals surface area contributed by atoms with Crippen LogP contribution in [0.2, 0.25) is 0 Å². The number of fused-ring (bicyclic) bond motifs is 2. The molecule has 0 spiro atoms. The Morgan fingerprint density at radius 3 is 2.69 bits per heavy atom. The summed E-state index contributed by atoms with van der Waals surface area (Å²) in [5.74, 6) is 0.571. The number of para-hydroxylation sites is 2. The van der Waals surface area contributed by atoms with E-state index < -0.39 is 0 Å². The fraction of sp³-hybridized carbons (Fsp3) is 0.148. The fourth-order valence-corrected chi connectivity index (χ4v) is 5.44. The minimum Gasteiger partial charge on any atom is -0.360 e. The number of rotatable bonds is 5. The van der Waals surface area contributed by atoms with Crippen LogP contribution in [0.5, 0.6) is 0 Å². The molecule has 0 bridgehead atoms. The molecule has 35 heavy (non-hydrogen) atoms. The topological polar surface area (TPSA) is 66.8 Å². The number of nitrogens with zero attached hydrogens (tertiary/aromatic N) is 4. The number of thioether (sulfide) groups is 1. The van der Waals surface area contributed by atoms with Crippen molar-refractivity contribution in [3.8, 4) is 17.1 Å². The number of carbonyl (C=O) groups excluding carboxylic acids is 1. The SMILES string of the molecule is O=C(CSc1nnc(-c2c[nH]c3ccccc23)n1-c1ccc(F)cc1)N1CCCc2ccccc21. The van der Waals surface area contributed by atoms with Crippen molar-refractivity contribution in [2.45, 2.75) is 18.0 Å². The summed E-state index contributed by atoms with van der Waals surface area (Å²) < 4.78 is 15.6. The van der Waals surface area contributed by atoms with Gasteiger partial charge in [0, 0.05) is 40.6 Å². The molecule has 1 aliphatic rings. The van der Waals surface area contributed by atoms with E-state index in [2.05, 4.69) is 21.2 Å². The number of aryl methyl sites for hydroxylation is 1. The van der Waals surface area contributed by atoms with Gasteiger partial charge in [-0.2, -0.15) is 0 Å². The lowest BCUT2D eigenvalue weighted by molar-refractivity contribution is -0.116. The second-order valence-electron chi connectivity index (χ2n) is 8.43. The Hall–Kier alpha value is -3.91. The van der Waals surface area contributed by atoms with E-state index in [-0.39, 0.29) is 17.5 Å². The summed E-state index contributed by atoms with van der Waals surface area (Å²) in [7, 11) is 0. The highest BCUT2D eigenvalue weighted by Gasteiger charge is 2.24. The Labute approximate surface area is 205 Å².